The van der Waals surface area contributed by atoms with Gasteiger partial charge in [-0.15, -0.1) is 0 Å². The molecule has 0 aliphatic rings. The van der Waals surface area contributed by atoms with E-state index < -0.39 is 0 Å². The van der Waals surface area contributed by atoms with Gasteiger partial charge >= 0.3 is 0 Å². The van der Waals surface area contributed by atoms with Crippen LogP contribution >= 0.6 is 11.6 Å². The van der Waals surface area contributed by atoms with Crippen LogP contribution in [0, 0.1) is 0 Å². The first-order chi connectivity index (χ1) is 8.24. The molecule has 0 spiro atoms. The van der Waals surface area contributed by atoms with Crippen LogP contribution in [0.3, 0.4) is 0 Å². The molecule has 2 nitrogen and oxygen atoms in total. The average molecular weight is 254 g/mol. The van der Waals surface area contributed by atoms with Crippen molar-refractivity contribution in [1.29, 1.82) is 0 Å². The van der Waals surface area contributed by atoms with E-state index in [1.165, 1.54) is 12.8 Å². The highest BCUT2D eigenvalue weighted by Crippen LogP contribution is 2.16. The molecular weight excluding hydrogens is 234 g/mol. The predicted octanol–water partition coefficient (Wildman–Crippen LogP) is 3.58. The van der Waals surface area contributed by atoms with Gasteiger partial charge in [-0.25, -0.2) is 0 Å². The molecular formula is C14H20ClNO. The Bertz CT molecular complexity index is 352. The van der Waals surface area contributed by atoms with E-state index in [9.17, 15) is 4.79 Å². The number of unbranched alkanes of at least 4 members (excludes halogenated alkanes) is 2. The number of hydrogen-bond donors (Lipinski definition) is 1. The molecule has 17 heavy (non-hydrogen) atoms. The van der Waals surface area contributed by atoms with Gasteiger partial charge in [0.2, 0.25) is 5.91 Å². The van der Waals surface area contributed by atoms with Gasteiger partial charge in [-0.2, -0.15) is 0 Å². The molecule has 0 bridgehead atoms. The lowest BCUT2D eigenvalue weighted by Crippen LogP contribution is -2.24. The van der Waals surface area contributed by atoms with Crippen LogP contribution in [0.25, 0.3) is 0 Å². The van der Waals surface area contributed by atoms with Gasteiger partial charge in [-0.3, -0.25) is 4.79 Å². The first-order valence-corrected chi connectivity index (χ1v) is 6.62. The van der Waals surface area contributed by atoms with Crippen molar-refractivity contribution >= 4 is 17.5 Å². The Morgan fingerprint density at radius 1 is 1.29 bits per heavy atom. The van der Waals surface area contributed by atoms with Crippen LogP contribution in [-0.4, -0.2) is 12.5 Å². The van der Waals surface area contributed by atoms with Gasteiger partial charge in [-0.05, 0) is 24.5 Å². The highest BCUT2D eigenvalue weighted by Gasteiger charge is 2.03. The molecule has 0 aliphatic heterocycles. The Morgan fingerprint density at radius 3 is 2.76 bits per heavy atom. The van der Waals surface area contributed by atoms with Crippen LogP contribution in [0.1, 0.15) is 38.2 Å². The number of halogens is 1. The predicted molar refractivity (Wildman–Crippen MR) is 72.3 cm³/mol. The number of carbonyl (C=O) groups is 1. The minimum atomic E-state index is 0.112. The summed E-state index contributed by atoms with van der Waals surface area (Å²) >= 11 is 6.02. The molecule has 0 saturated carbocycles. The summed E-state index contributed by atoms with van der Waals surface area (Å²) in [5.41, 5.74) is 1.04. The normalized spacial score (nSPS) is 10.2. The molecule has 0 fully saturated rings. The molecule has 0 radical (unpaired) electrons. The quantitative estimate of drug-likeness (QED) is 0.740. The summed E-state index contributed by atoms with van der Waals surface area (Å²) in [5, 5.41) is 3.67. The van der Waals surface area contributed by atoms with Crippen LogP contribution in [0.2, 0.25) is 5.02 Å². The Morgan fingerprint density at radius 2 is 2.06 bits per heavy atom. The number of rotatable bonds is 7. The van der Waals surface area contributed by atoms with Gasteiger partial charge < -0.3 is 5.32 Å². The SMILES string of the molecule is CCCCCNC(=O)CCc1ccccc1Cl. The second kappa shape index (κ2) is 8.13. The van der Waals surface area contributed by atoms with Crippen molar-refractivity contribution in [3.8, 4) is 0 Å². The standard InChI is InChI=1S/C14H20ClNO/c1-2-3-6-11-16-14(17)10-9-12-7-4-5-8-13(12)15/h4-5,7-8H,2-3,6,9-11H2,1H3,(H,16,17). The third kappa shape index (κ3) is 5.73. The van der Waals surface area contributed by atoms with E-state index >= 15 is 0 Å². The maximum absolute atomic E-state index is 11.5. The van der Waals surface area contributed by atoms with Crippen LogP contribution < -0.4 is 5.32 Å². The smallest absolute Gasteiger partial charge is 0.220 e. The summed E-state index contributed by atoms with van der Waals surface area (Å²) < 4.78 is 0. The van der Waals surface area contributed by atoms with Crippen molar-refractivity contribution in [1.82, 2.24) is 5.32 Å². The zero-order valence-corrected chi connectivity index (χ0v) is 11.1. The Labute approximate surface area is 108 Å². The molecule has 1 N–H and O–H groups in total. The minimum absolute atomic E-state index is 0.112. The third-order valence-corrected chi connectivity index (χ3v) is 3.05. The van der Waals surface area contributed by atoms with Crippen LogP contribution in [0.4, 0.5) is 0 Å². The van der Waals surface area contributed by atoms with E-state index in [1.807, 2.05) is 24.3 Å². The summed E-state index contributed by atoms with van der Waals surface area (Å²) in [4.78, 5) is 11.5. The number of nitrogens with one attached hydrogen (secondary N) is 1. The molecule has 1 aromatic rings. The van der Waals surface area contributed by atoms with E-state index in [0.717, 1.165) is 23.6 Å². The second-order valence-electron chi connectivity index (χ2n) is 4.15. The van der Waals surface area contributed by atoms with Gasteiger partial charge in [0, 0.05) is 18.0 Å². The molecule has 0 atom stereocenters. The maximum atomic E-state index is 11.5. The van der Waals surface area contributed by atoms with Gasteiger partial charge in [0.25, 0.3) is 0 Å². The molecule has 1 rings (SSSR count). The molecule has 1 amide bonds. The minimum Gasteiger partial charge on any atom is -0.356 e. The fourth-order valence-electron chi connectivity index (χ4n) is 1.64. The zero-order valence-electron chi connectivity index (χ0n) is 10.3. The highest BCUT2D eigenvalue weighted by atomic mass is 35.5. The molecule has 0 aliphatic carbocycles. The number of aryl methyl sites for hydroxylation is 1. The van der Waals surface area contributed by atoms with Crippen molar-refractivity contribution in [2.75, 3.05) is 6.54 Å². The van der Waals surface area contributed by atoms with Gasteiger partial charge in [-0.1, -0.05) is 49.6 Å². The molecule has 1 aromatic carbocycles. The number of amides is 1. The Kier molecular flexibility index (Phi) is 6.71. The fraction of sp³-hybridized carbons (Fsp3) is 0.500. The summed E-state index contributed by atoms with van der Waals surface area (Å²) in [5.74, 6) is 0.112. The van der Waals surface area contributed by atoms with Gasteiger partial charge in [0.15, 0.2) is 0 Å². The first kappa shape index (κ1) is 14.0. The topological polar surface area (TPSA) is 29.1 Å². The summed E-state index contributed by atoms with van der Waals surface area (Å²) in [6, 6.07) is 7.67. The van der Waals surface area contributed by atoms with Gasteiger partial charge in [0.1, 0.15) is 0 Å². The largest absolute Gasteiger partial charge is 0.356 e. The van der Waals surface area contributed by atoms with E-state index in [-0.39, 0.29) is 5.91 Å². The molecule has 0 aromatic heterocycles. The zero-order chi connectivity index (χ0) is 12.5. The van der Waals surface area contributed by atoms with E-state index in [0.29, 0.717) is 12.8 Å². The average Bonchev–Trinajstić information content (AvgIpc) is 2.34. The molecule has 94 valence electrons. The monoisotopic (exact) mass is 253 g/mol. The van der Waals surface area contributed by atoms with Crippen LogP contribution in [-0.2, 0) is 11.2 Å². The molecule has 3 heteroatoms. The number of hydrogen-bond acceptors (Lipinski definition) is 1. The van der Waals surface area contributed by atoms with Crippen LogP contribution in [0.5, 0.6) is 0 Å². The van der Waals surface area contributed by atoms with E-state index in [4.69, 9.17) is 11.6 Å². The van der Waals surface area contributed by atoms with Crippen molar-refractivity contribution in [3.63, 3.8) is 0 Å². The summed E-state index contributed by atoms with van der Waals surface area (Å²) in [7, 11) is 0. The lowest BCUT2D eigenvalue weighted by atomic mass is 10.1. The molecule has 0 heterocycles. The maximum Gasteiger partial charge on any atom is 0.220 e. The third-order valence-electron chi connectivity index (χ3n) is 2.68. The number of benzene rings is 1. The van der Waals surface area contributed by atoms with Crippen molar-refractivity contribution in [2.24, 2.45) is 0 Å². The summed E-state index contributed by atoms with van der Waals surface area (Å²) in [6.45, 7) is 2.94. The molecule has 0 unspecified atom stereocenters. The van der Waals surface area contributed by atoms with E-state index in [2.05, 4.69) is 12.2 Å². The highest BCUT2D eigenvalue weighted by molar-refractivity contribution is 6.31. The second-order valence-corrected chi connectivity index (χ2v) is 4.56. The van der Waals surface area contributed by atoms with Gasteiger partial charge in [0.05, 0.1) is 0 Å². The Balaban J connectivity index is 2.22. The van der Waals surface area contributed by atoms with Crippen LogP contribution in [0.15, 0.2) is 24.3 Å². The first-order valence-electron chi connectivity index (χ1n) is 6.24. The van der Waals surface area contributed by atoms with E-state index in [1.54, 1.807) is 0 Å². The molecule has 0 saturated heterocycles. The lowest BCUT2D eigenvalue weighted by molar-refractivity contribution is -0.121. The fourth-order valence-corrected chi connectivity index (χ4v) is 1.87. The Hall–Kier alpha value is -1.02. The summed E-state index contributed by atoms with van der Waals surface area (Å²) in [6.07, 6.45) is 4.63. The van der Waals surface area contributed by atoms with Crippen molar-refractivity contribution in [2.45, 2.75) is 39.0 Å². The van der Waals surface area contributed by atoms with Crippen molar-refractivity contribution < 1.29 is 4.79 Å². The number of carbonyl (C=O) groups excluding carboxylic acids is 1. The van der Waals surface area contributed by atoms with Crippen molar-refractivity contribution in [3.05, 3.63) is 34.9 Å². The lowest BCUT2D eigenvalue weighted by Gasteiger charge is -2.05.